The molecule has 3 rings (SSSR count). The molecule has 0 unspecified atom stereocenters. The molecule has 0 amide bonds. The number of pyridine rings is 1. The van der Waals surface area contributed by atoms with Gasteiger partial charge in [-0.1, -0.05) is 30.3 Å². The third kappa shape index (κ3) is 2.65. The molecule has 2 aromatic heterocycles. The SMILES string of the molecule is CN(Cc1cccs1)c1nc(CCl)cc2ccccc12. The zero-order valence-electron chi connectivity index (χ0n) is 11.2. The molecule has 102 valence electrons. The molecule has 4 heteroatoms. The van der Waals surface area contributed by atoms with Crippen LogP contribution in [0.3, 0.4) is 0 Å². The third-order valence-corrected chi connectivity index (χ3v) is 4.38. The summed E-state index contributed by atoms with van der Waals surface area (Å²) >= 11 is 7.73. The normalized spacial score (nSPS) is 10.9. The third-order valence-electron chi connectivity index (χ3n) is 3.24. The Bertz CT molecular complexity index is 710. The fourth-order valence-electron chi connectivity index (χ4n) is 2.31. The second-order valence-electron chi connectivity index (χ2n) is 4.73. The minimum Gasteiger partial charge on any atom is -0.354 e. The van der Waals surface area contributed by atoms with Crippen LogP contribution in [0.2, 0.25) is 0 Å². The van der Waals surface area contributed by atoms with Gasteiger partial charge in [-0.15, -0.1) is 22.9 Å². The van der Waals surface area contributed by atoms with E-state index in [-0.39, 0.29) is 0 Å². The average molecular weight is 303 g/mol. The molecule has 0 saturated carbocycles. The fourth-order valence-corrected chi connectivity index (χ4v) is 3.20. The number of thiophene rings is 1. The number of hydrogen-bond acceptors (Lipinski definition) is 3. The topological polar surface area (TPSA) is 16.1 Å². The van der Waals surface area contributed by atoms with Crippen molar-refractivity contribution in [2.45, 2.75) is 12.4 Å². The monoisotopic (exact) mass is 302 g/mol. The first-order valence-corrected chi connectivity index (χ1v) is 7.87. The summed E-state index contributed by atoms with van der Waals surface area (Å²) in [6.45, 7) is 0.862. The van der Waals surface area contributed by atoms with Gasteiger partial charge < -0.3 is 4.90 Å². The van der Waals surface area contributed by atoms with Crippen LogP contribution in [0.1, 0.15) is 10.6 Å². The predicted octanol–water partition coefficient (Wildman–Crippen LogP) is 4.67. The van der Waals surface area contributed by atoms with Crippen molar-refractivity contribution in [2.24, 2.45) is 0 Å². The van der Waals surface area contributed by atoms with Crippen LogP contribution in [0.5, 0.6) is 0 Å². The maximum absolute atomic E-state index is 5.97. The van der Waals surface area contributed by atoms with Crippen molar-refractivity contribution in [1.29, 1.82) is 0 Å². The number of hydrogen-bond donors (Lipinski definition) is 0. The predicted molar refractivity (Wildman–Crippen MR) is 87.7 cm³/mol. The Morgan fingerprint density at radius 3 is 2.80 bits per heavy atom. The van der Waals surface area contributed by atoms with E-state index >= 15 is 0 Å². The molecule has 0 aliphatic carbocycles. The Morgan fingerprint density at radius 2 is 2.05 bits per heavy atom. The van der Waals surface area contributed by atoms with Crippen LogP contribution >= 0.6 is 22.9 Å². The molecule has 0 saturated heterocycles. The van der Waals surface area contributed by atoms with Gasteiger partial charge in [0.25, 0.3) is 0 Å². The van der Waals surface area contributed by atoms with Gasteiger partial charge in [-0.25, -0.2) is 4.98 Å². The number of aromatic nitrogens is 1. The van der Waals surface area contributed by atoms with Gasteiger partial charge in [0.2, 0.25) is 0 Å². The number of benzene rings is 1. The van der Waals surface area contributed by atoms with Gasteiger partial charge in [-0.2, -0.15) is 0 Å². The number of halogens is 1. The fraction of sp³-hybridized carbons (Fsp3) is 0.188. The van der Waals surface area contributed by atoms with Crippen molar-refractivity contribution in [3.8, 4) is 0 Å². The molecular formula is C16H15ClN2S. The number of alkyl halides is 1. The Labute approximate surface area is 127 Å². The first kappa shape index (κ1) is 13.4. The van der Waals surface area contributed by atoms with Gasteiger partial charge in [0.05, 0.1) is 18.1 Å². The van der Waals surface area contributed by atoms with Crippen LogP contribution < -0.4 is 4.90 Å². The van der Waals surface area contributed by atoms with Gasteiger partial charge in [-0.05, 0) is 22.9 Å². The summed E-state index contributed by atoms with van der Waals surface area (Å²) in [4.78, 5) is 8.21. The molecule has 3 aromatic rings. The van der Waals surface area contributed by atoms with E-state index in [0.717, 1.165) is 18.1 Å². The lowest BCUT2D eigenvalue weighted by Crippen LogP contribution is -2.17. The van der Waals surface area contributed by atoms with Crippen LogP contribution in [0.15, 0.2) is 47.8 Å². The molecule has 0 atom stereocenters. The summed E-state index contributed by atoms with van der Waals surface area (Å²) < 4.78 is 0. The van der Waals surface area contributed by atoms with E-state index in [1.165, 1.54) is 15.6 Å². The maximum Gasteiger partial charge on any atom is 0.136 e. The highest BCUT2D eigenvalue weighted by Crippen LogP contribution is 2.27. The Morgan fingerprint density at radius 1 is 1.20 bits per heavy atom. The van der Waals surface area contributed by atoms with Crippen molar-refractivity contribution in [2.75, 3.05) is 11.9 Å². The van der Waals surface area contributed by atoms with E-state index in [1.54, 1.807) is 11.3 Å². The molecule has 0 spiro atoms. The van der Waals surface area contributed by atoms with Gasteiger partial charge in [0, 0.05) is 17.3 Å². The average Bonchev–Trinajstić information content (AvgIpc) is 2.98. The van der Waals surface area contributed by atoms with Crippen molar-refractivity contribution in [3.05, 3.63) is 58.4 Å². The van der Waals surface area contributed by atoms with Crippen LogP contribution in [0, 0.1) is 0 Å². The standard InChI is InChI=1S/C16H15ClN2S/c1-19(11-14-6-4-8-20-14)16-15-7-3-2-5-12(15)9-13(10-17)18-16/h2-9H,10-11H2,1H3. The first-order valence-electron chi connectivity index (χ1n) is 6.46. The van der Waals surface area contributed by atoms with Crippen molar-refractivity contribution in [1.82, 2.24) is 4.98 Å². The van der Waals surface area contributed by atoms with E-state index in [1.807, 2.05) is 12.1 Å². The molecule has 2 nitrogen and oxygen atoms in total. The van der Waals surface area contributed by atoms with Crippen LogP contribution in [-0.2, 0) is 12.4 Å². The summed E-state index contributed by atoms with van der Waals surface area (Å²) in [5, 5.41) is 4.45. The molecule has 1 aromatic carbocycles. The summed E-state index contributed by atoms with van der Waals surface area (Å²) in [5.74, 6) is 1.43. The van der Waals surface area contributed by atoms with Crippen LogP contribution in [0.25, 0.3) is 10.8 Å². The molecule has 0 radical (unpaired) electrons. The first-order chi connectivity index (χ1) is 9.78. The maximum atomic E-state index is 5.97. The number of rotatable bonds is 4. The van der Waals surface area contributed by atoms with Gasteiger partial charge in [0.1, 0.15) is 5.82 Å². The summed E-state index contributed by atoms with van der Waals surface area (Å²) in [6.07, 6.45) is 0. The minimum absolute atomic E-state index is 0.435. The molecule has 0 fully saturated rings. The lowest BCUT2D eigenvalue weighted by molar-refractivity contribution is 0.912. The van der Waals surface area contributed by atoms with E-state index in [2.05, 4.69) is 47.7 Å². The number of nitrogens with zero attached hydrogens (tertiary/aromatic N) is 2. The molecule has 0 aliphatic heterocycles. The highest BCUT2D eigenvalue weighted by molar-refractivity contribution is 7.09. The van der Waals surface area contributed by atoms with Gasteiger partial charge >= 0.3 is 0 Å². The van der Waals surface area contributed by atoms with Gasteiger partial charge in [0.15, 0.2) is 0 Å². The minimum atomic E-state index is 0.435. The second-order valence-corrected chi connectivity index (χ2v) is 6.03. The Balaban J connectivity index is 2.04. The van der Waals surface area contributed by atoms with Crippen molar-refractivity contribution < 1.29 is 0 Å². The summed E-state index contributed by atoms with van der Waals surface area (Å²) in [5.41, 5.74) is 0.915. The Kier molecular flexibility index (Phi) is 3.90. The van der Waals surface area contributed by atoms with E-state index < -0.39 is 0 Å². The van der Waals surface area contributed by atoms with Crippen molar-refractivity contribution in [3.63, 3.8) is 0 Å². The molecule has 20 heavy (non-hydrogen) atoms. The number of fused-ring (bicyclic) bond motifs is 1. The van der Waals surface area contributed by atoms with E-state index in [4.69, 9.17) is 16.6 Å². The summed E-state index contributed by atoms with van der Waals surface area (Å²) in [7, 11) is 2.08. The van der Waals surface area contributed by atoms with Crippen LogP contribution in [-0.4, -0.2) is 12.0 Å². The Hall–Kier alpha value is -1.58. The molecular weight excluding hydrogens is 288 g/mol. The molecule has 0 aliphatic rings. The lowest BCUT2D eigenvalue weighted by atomic mass is 10.1. The highest BCUT2D eigenvalue weighted by atomic mass is 35.5. The zero-order valence-corrected chi connectivity index (χ0v) is 12.8. The largest absolute Gasteiger partial charge is 0.354 e. The summed E-state index contributed by atoms with van der Waals surface area (Å²) in [6, 6.07) is 14.6. The smallest absolute Gasteiger partial charge is 0.136 e. The van der Waals surface area contributed by atoms with Crippen molar-refractivity contribution >= 4 is 39.5 Å². The molecule has 2 heterocycles. The van der Waals surface area contributed by atoms with E-state index in [0.29, 0.717) is 5.88 Å². The van der Waals surface area contributed by atoms with Gasteiger partial charge in [-0.3, -0.25) is 0 Å². The zero-order chi connectivity index (χ0) is 13.9. The number of anilines is 1. The second kappa shape index (κ2) is 5.81. The molecule has 0 N–H and O–H groups in total. The lowest BCUT2D eigenvalue weighted by Gasteiger charge is -2.20. The molecule has 0 bridgehead atoms. The quantitative estimate of drug-likeness (QED) is 0.651. The van der Waals surface area contributed by atoms with Crippen LogP contribution in [0.4, 0.5) is 5.82 Å². The van der Waals surface area contributed by atoms with E-state index in [9.17, 15) is 0 Å². The highest BCUT2D eigenvalue weighted by Gasteiger charge is 2.10.